The number of methoxy groups -OCH3 is 1. The zero-order valence-electron chi connectivity index (χ0n) is 10.9. The monoisotopic (exact) mass is 260 g/mol. The quantitative estimate of drug-likeness (QED) is 0.863. The predicted molar refractivity (Wildman–Crippen MR) is 72.0 cm³/mol. The lowest BCUT2D eigenvalue weighted by atomic mass is 10.2. The number of carbonyl (C=O) groups is 1. The number of ether oxygens (including phenoxy) is 1. The second-order valence-electron chi connectivity index (χ2n) is 4.07. The number of nitrogens with one attached hydrogen (secondary N) is 1. The minimum absolute atomic E-state index is 0.278. The first-order valence-electron chi connectivity index (χ1n) is 5.82. The fourth-order valence-electron chi connectivity index (χ4n) is 1.69. The molecule has 6 heteroatoms. The molecule has 0 radical (unpaired) electrons. The van der Waals surface area contributed by atoms with Crippen molar-refractivity contribution in [3.05, 3.63) is 41.7 Å². The highest BCUT2D eigenvalue weighted by atomic mass is 16.5. The van der Waals surface area contributed by atoms with E-state index in [1.165, 1.54) is 0 Å². The van der Waals surface area contributed by atoms with Crippen molar-refractivity contribution in [1.82, 2.24) is 9.78 Å². The Kier molecular flexibility index (Phi) is 3.82. The Balaban J connectivity index is 2.21. The molecule has 100 valence electrons. The van der Waals surface area contributed by atoms with Gasteiger partial charge in [-0.15, -0.1) is 0 Å². The van der Waals surface area contributed by atoms with Crippen LogP contribution in [0.4, 0.5) is 5.69 Å². The minimum Gasteiger partial charge on any atom is -0.495 e. The van der Waals surface area contributed by atoms with E-state index in [0.29, 0.717) is 23.7 Å². The largest absolute Gasteiger partial charge is 0.495 e. The predicted octanol–water partition coefficient (Wildman–Crippen LogP) is 1.14. The van der Waals surface area contributed by atoms with Crippen molar-refractivity contribution in [3.63, 3.8) is 0 Å². The highest BCUT2D eigenvalue weighted by Crippen LogP contribution is 2.25. The van der Waals surface area contributed by atoms with E-state index in [2.05, 4.69) is 10.4 Å². The summed E-state index contributed by atoms with van der Waals surface area (Å²) in [6.07, 6.45) is 1.71. The maximum Gasteiger partial charge on any atom is 0.276 e. The zero-order chi connectivity index (χ0) is 13.8. The number of nitrogens with zero attached hydrogens (tertiary/aromatic N) is 2. The van der Waals surface area contributed by atoms with Crippen LogP contribution in [0, 0.1) is 0 Å². The minimum atomic E-state index is -0.278. The average Bonchev–Trinajstić information content (AvgIpc) is 2.86. The highest BCUT2D eigenvalue weighted by Gasteiger charge is 2.12. The van der Waals surface area contributed by atoms with E-state index in [1.54, 1.807) is 43.2 Å². The van der Waals surface area contributed by atoms with Gasteiger partial charge in [0.25, 0.3) is 5.91 Å². The summed E-state index contributed by atoms with van der Waals surface area (Å²) in [4.78, 5) is 12.0. The summed E-state index contributed by atoms with van der Waals surface area (Å²) in [6.45, 7) is 0.421. The topological polar surface area (TPSA) is 82.2 Å². The van der Waals surface area contributed by atoms with Crippen molar-refractivity contribution < 1.29 is 9.53 Å². The van der Waals surface area contributed by atoms with Gasteiger partial charge in [-0.2, -0.15) is 5.10 Å². The van der Waals surface area contributed by atoms with E-state index in [1.807, 2.05) is 6.07 Å². The van der Waals surface area contributed by atoms with Crippen LogP contribution >= 0.6 is 0 Å². The van der Waals surface area contributed by atoms with Crippen molar-refractivity contribution in [2.45, 2.75) is 6.54 Å². The summed E-state index contributed by atoms with van der Waals surface area (Å²) >= 11 is 0. The molecule has 3 N–H and O–H groups in total. The van der Waals surface area contributed by atoms with E-state index in [9.17, 15) is 4.79 Å². The first-order chi connectivity index (χ1) is 9.13. The Morgan fingerprint density at radius 3 is 2.84 bits per heavy atom. The lowest BCUT2D eigenvalue weighted by Crippen LogP contribution is -2.14. The molecular formula is C13H16N4O2. The Morgan fingerprint density at radius 1 is 1.47 bits per heavy atom. The number of anilines is 1. The van der Waals surface area contributed by atoms with Gasteiger partial charge >= 0.3 is 0 Å². The molecule has 19 heavy (non-hydrogen) atoms. The molecule has 0 atom stereocenters. The molecule has 0 bridgehead atoms. The van der Waals surface area contributed by atoms with Crippen molar-refractivity contribution in [2.75, 3.05) is 12.4 Å². The van der Waals surface area contributed by atoms with Crippen molar-refractivity contribution >= 4 is 11.6 Å². The van der Waals surface area contributed by atoms with Gasteiger partial charge < -0.3 is 15.8 Å². The van der Waals surface area contributed by atoms with E-state index in [0.717, 1.165) is 5.56 Å². The van der Waals surface area contributed by atoms with Gasteiger partial charge in [0.1, 0.15) is 5.75 Å². The molecule has 0 saturated carbocycles. The maximum absolute atomic E-state index is 12.0. The number of amides is 1. The molecular weight excluding hydrogens is 244 g/mol. The normalized spacial score (nSPS) is 10.3. The molecule has 6 nitrogen and oxygen atoms in total. The molecule has 2 rings (SSSR count). The lowest BCUT2D eigenvalue weighted by Gasteiger charge is -2.10. The summed E-state index contributed by atoms with van der Waals surface area (Å²) in [5.74, 6) is 0.298. The molecule has 1 amide bonds. The lowest BCUT2D eigenvalue weighted by molar-refractivity contribution is 0.102. The fraction of sp³-hybridized carbons (Fsp3) is 0.231. The van der Waals surface area contributed by atoms with Crippen LogP contribution in [-0.2, 0) is 13.6 Å². The third-order valence-electron chi connectivity index (χ3n) is 2.70. The molecule has 1 aromatic heterocycles. The average molecular weight is 260 g/mol. The SMILES string of the molecule is COc1cc(CN)ccc1NC(=O)c1ccn(C)n1. The van der Waals surface area contributed by atoms with Crippen LogP contribution in [0.25, 0.3) is 0 Å². The van der Waals surface area contributed by atoms with Gasteiger partial charge in [-0.05, 0) is 23.8 Å². The second kappa shape index (κ2) is 5.53. The molecule has 2 aromatic rings. The molecule has 0 unspecified atom stereocenters. The summed E-state index contributed by atoms with van der Waals surface area (Å²) in [5, 5.41) is 6.80. The molecule has 0 aliphatic rings. The van der Waals surface area contributed by atoms with E-state index in [4.69, 9.17) is 10.5 Å². The van der Waals surface area contributed by atoms with Gasteiger partial charge in [-0.25, -0.2) is 0 Å². The van der Waals surface area contributed by atoms with Crippen LogP contribution in [0.5, 0.6) is 5.75 Å². The number of hydrogen-bond donors (Lipinski definition) is 2. The van der Waals surface area contributed by atoms with Gasteiger partial charge in [0, 0.05) is 19.8 Å². The molecule has 0 aliphatic carbocycles. The molecule has 1 aromatic carbocycles. The standard InChI is InChI=1S/C13H16N4O2/c1-17-6-5-11(16-17)13(18)15-10-4-3-9(8-14)7-12(10)19-2/h3-7H,8,14H2,1-2H3,(H,15,18). The Labute approximate surface area is 111 Å². The second-order valence-corrected chi connectivity index (χ2v) is 4.07. The van der Waals surface area contributed by atoms with Gasteiger partial charge in [0.15, 0.2) is 5.69 Å². The van der Waals surface area contributed by atoms with Crippen LogP contribution < -0.4 is 15.8 Å². The number of nitrogens with two attached hydrogens (primary N) is 1. The van der Waals surface area contributed by atoms with E-state index >= 15 is 0 Å². The third kappa shape index (κ3) is 2.92. The Morgan fingerprint density at radius 2 is 2.26 bits per heavy atom. The number of carbonyl (C=O) groups excluding carboxylic acids is 1. The van der Waals surface area contributed by atoms with E-state index in [-0.39, 0.29) is 5.91 Å². The van der Waals surface area contributed by atoms with E-state index < -0.39 is 0 Å². The van der Waals surface area contributed by atoms with Gasteiger partial charge in [0.05, 0.1) is 12.8 Å². The van der Waals surface area contributed by atoms with Crippen LogP contribution in [0.1, 0.15) is 16.1 Å². The number of benzene rings is 1. The van der Waals surface area contributed by atoms with Gasteiger partial charge in [-0.3, -0.25) is 9.48 Å². The summed E-state index contributed by atoms with van der Waals surface area (Å²) in [6, 6.07) is 7.06. The molecule has 0 spiro atoms. The highest BCUT2D eigenvalue weighted by molar-refractivity contribution is 6.03. The van der Waals surface area contributed by atoms with Crippen molar-refractivity contribution in [2.24, 2.45) is 12.8 Å². The van der Waals surface area contributed by atoms with Crippen LogP contribution in [0.15, 0.2) is 30.5 Å². The number of aryl methyl sites for hydroxylation is 1. The Bertz CT molecular complexity index is 592. The van der Waals surface area contributed by atoms with Gasteiger partial charge in [-0.1, -0.05) is 6.07 Å². The van der Waals surface area contributed by atoms with Crippen molar-refractivity contribution in [3.8, 4) is 5.75 Å². The molecule has 1 heterocycles. The first kappa shape index (κ1) is 13.1. The van der Waals surface area contributed by atoms with Crippen LogP contribution in [0.3, 0.4) is 0 Å². The van der Waals surface area contributed by atoms with Crippen molar-refractivity contribution in [1.29, 1.82) is 0 Å². The van der Waals surface area contributed by atoms with Gasteiger partial charge in [0.2, 0.25) is 0 Å². The number of aromatic nitrogens is 2. The fourth-order valence-corrected chi connectivity index (χ4v) is 1.69. The first-order valence-corrected chi connectivity index (χ1v) is 5.82. The summed E-state index contributed by atoms with van der Waals surface area (Å²) < 4.78 is 6.81. The number of rotatable bonds is 4. The number of hydrogen-bond acceptors (Lipinski definition) is 4. The van der Waals surface area contributed by atoms with Crippen LogP contribution in [-0.4, -0.2) is 22.8 Å². The maximum atomic E-state index is 12.0. The molecule has 0 aliphatic heterocycles. The summed E-state index contributed by atoms with van der Waals surface area (Å²) in [7, 11) is 3.31. The Hall–Kier alpha value is -2.34. The zero-order valence-corrected chi connectivity index (χ0v) is 10.9. The molecule has 0 fully saturated rings. The smallest absolute Gasteiger partial charge is 0.276 e. The summed E-state index contributed by atoms with van der Waals surface area (Å²) in [5.41, 5.74) is 7.45. The molecule has 0 saturated heterocycles. The third-order valence-corrected chi connectivity index (χ3v) is 2.70. The van der Waals surface area contributed by atoms with Crippen LogP contribution in [0.2, 0.25) is 0 Å².